The van der Waals surface area contributed by atoms with Crippen LogP contribution in [0.3, 0.4) is 0 Å². The van der Waals surface area contributed by atoms with E-state index >= 15 is 0 Å². The molecule has 0 bridgehead atoms. The van der Waals surface area contributed by atoms with Crippen LogP contribution < -0.4 is 15.4 Å². The molecule has 0 radical (unpaired) electrons. The lowest BCUT2D eigenvalue weighted by Crippen LogP contribution is -2.46. The number of benzene rings is 1. The Morgan fingerprint density at radius 1 is 1.17 bits per heavy atom. The van der Waals surface area contributed by atoms with Crippen molar-refractivity contribution in [2.45, 2.75) is 38.6 Å². The molecule has 2 fully saturated rings. The molecular formula is C23H39N5O. The van der Waals surface area contributed by atoms with Crippen molar-refractivity contribution in [1.29, 1.82) is 0 Å². The molecule has 3 rings (SSSR count). The van der Waals surface area contributed by atoms with Crippen LogP contribution in [-0.2, 0) is 0 Å². The van der Waals surface area contributed by atoms with Gasteiger partial charge in [-0.1, -0.05) is 25.1 Å². The van der Waals surface area contributed by atoms with Crippen LogP contribution >= 0.6 is 0 Å². The van der Waals surface area contributed by atoms with E-state index < -0.39 is 0 Å². The number of ether oxygens (including phenoxy) is 1. The van der Waals surface area contributed by atoms with Gasteiger partial charge < -0.3 is 20.3 Å². The first-order chi connectivity index (χ1) is 14.2. The van der Waals surface area contributed by atoms with E-state index in [2.05, 4.69) is 50.5 Å². The van der Waals surface area contributed by atoms with E-state index in [0.717, 1.165) is 44.4 Å². The third kappa shape index (κ3) is 6.09. The average Bonchev–Trinajstić information content (AvgIpc) is 3.31. The monoisotopic (exact) mass is 401 g/mol. The third-order valence-corrected chi connectivity index (χ3v) is 6.37. The molecule has 6 nitrogen and oxygen atoms in total. The van der Waals surface area contributed by atoms with Gasteiger partial charge >= 0.3 is 0 Å². The van der Waals surface area contributed by atoms with E-state index in [-0.39, 0.29) is 6.04 Å². The van der Waals surface area contributed by atoms with Gasteiger partial charge in [0.1, 0.15) is 5.75 Å². The normalized spacial score (nSPS) is 22.4. The van der Waals surface area contributed by atoms with Crippen molar-refractivity contribution in [3.63, 3.8) is 0 Å². The number of guanidine groups is 1. The first-order valence-corrected chi connectivity index (χ1v) is 11.3. The number of nitrogens with one attached hydrogen (secondary N) is 2. The van der Waals surface area contributed by atoms with Crippen LogP contribution in [0.25, 0.3) is 0 Å². The van der Waals surface area contributed by atoms with Crippen molar-refractivity contribution < 1.29 is 4.74 Å². The van der Waals surface area contributed by atoms with E-state index in [1.54, 1.807) is 7.11 Å². The lowest BCUT2D eigenvalue weighted by molar-refractivity contribution is 0.183. The number of methoxy groups -OCH3 is 1. The van der Waals surface area contributed by atoms with Crippen LogP contribution in [0.2, 0.25) is 0 Å². The average molecular weight is 402 g/mol. The van der Waals surface area contributed by atoms with Crippen molar-refractivity contribution in [1.82, 2.24) is 20.4 Å². The van der Waals surface area contributed by atoms with E-state index in [9.17, 15) is 0 Å². The first-order valence-electron chi connectivity index (χ1n) is 11.3. The maximum atomic E-state index is 5.66. The zero-order chi connectivity index (χ0) is 20.5. The highest BCUT2D eigenvalue weighted by Crippen LogP contribution is 2.31. The Hall–Kier alpha value is -1.79. The summed E-state index contributed by atoms with van der Waals surface area (Å²) in [7, 11) is 3.63. The van der Waals surface area contributed by atoms with Crippen LogP contribution in [0.4, 0.5) is 0 Å². The van der Waals surface area contributed by atoms with Crippen LogP contribution in [-0.4, -0.2) is 75.7 Å². The van der Waals surface area contributed by atoms with Gasteiger partial charge in [0, 0.05) is 32.2 Å². The molecule has 6 heteroatoms. The van der Waals surface area contributed by atoms with Crippen molar-refractivity contribution in [2.75, 3.05) is 60.0 Å². The van der Waals surface area contributed by atoms with Crippen molar-refractivity contribution in [3.05, 3.63) is 29.8 Å². The van der Waals surface area contributed by atoms with Crippen LogP contribution in [0.15, 0.2) is 29.3 Å². The fraction of sp³-hybridized carbons (Fsp3) is 0.696. The second kappa shape index (κ2) is 11.4. The molecule has 29 heavy (non-hydrogen) atoms. The fourth-order valence-electron chi connectivity index (χ4n) is 4.69. The minimum atomic E-state index is 0.289. The second-order valence-corrected chi connectivity index (χ2v) is 8.24. The molecular weight excluding hydrogens is 362 g/mol. The fourth-order valence-corrected chi connectivity index (χ4v) is 4.69. The molecule has 1 aromatic carbocycles. The topological polar surface area (TPSA) is 52.1 Å². The van der Waals surface area contributed by atoms with E-state index in [1.165, 1.54) is 44.3 Å². The molecule has 2 aliphatic rings. The molecule has 2 aliphatic heterocycles. The number of piperidine rings is 1. The quantitative estimate of drug-likeness (QED) is 0.518. The Morgan fingerprint density at radius 3 is 2.69 bits per heavy atom. The van der Waals surface area contributed by atoms with Gasteiger partial charge in [0.15, 0.2) is 5.96 Å². The van der Waals surface area contributed by atoms with Crippen LogP contribution in [0, 0.1) is 5.92 Å². The number of hydrogen-bond donors (Lipinski definition) is 2. The largest absolute Gasteiger partial charge is 0.496 e. The lowest BCUT2D eigenvalue weighted by Gasteiger charge is -2.32. The smallest absolute Gasteiger partial charge is 0.191 e. The summed E-state index contributed by atoms with van der Waals surface area (Å²) in [5, 5.41) is 7.16. The zero-order valence-corrected chi connectivity index (χ0v) is 18.5. The predicted molar refractivity (Wildman–Crippen MR) is 121 cm³/mol. The SMILES string of the molecule is CCN1CCCC(CNC(=NC)NCC(c2ccccc2OC)N2CCCC2)C1. The summed E-state index contributed by atoms with van der Waals surface area (Å²) < 4.78 is 5.66. The Bertz CT molecular complexity index is 644. The van der Waals surface area contributed by atoms with Crippen LogP contribution in [0.1, 0.15) is 44.2 Å². The maximum Gasteiger partial charge on any atom is 0.191 e. The second-order valence-electron chi connectivity index (χ2n) is 8.24. The molecule has 162 valence electrons. The summed E-state index contributed by atoms with van der Waals surface area (Å²) in [6.45, 7) is 9.95. The van der Waals surface area contributed by atoms with Crippen molar-refractivity contribution >= 4 is 5.96 Å². The number of rotatable bonds is 8. The number of aliphatic imine (C=N–C) groups is 1. The van der Waals surface area contributed by atoms with Gasteiger partial charge in [-0.2, -0.15) is 0 Å². The number of hydrogen-bond acceptors (Lipinski definition) is 4. The molecule has 0 amide bonds. The molecule has 1 aromatic rings. The molecule has 2 saturated heterocycles. The Morgan fingerprint density at radius 2 is 1.97 bits per heavy atom. The van der Waals surface area contributed by atoms with Crippen molar-refractivity contribution in [2.24, 2.45) is 10.9 Å². The molecule has 0 aromatic heterocycles. The lowest BCUT2D eigenvalue weighted by atomic mass is 9.98. The van der Waals surface area contributed by atoms with Crippen LogP contribution in [0.5, 0.6) is 5.75 Å². The third-order valence-electron chi connectivity index (χ3n) is 6.37. The van der Waals surface area contributed by atoms with Gasteiger partial charge in [-0.05, 0) is 63.8 Å². The Labute approximate surface area is 176 Å². The highest BCUT2D eigenvalue weighted by Gasteiger charge is 2.26. The molecule has 2 atom stereocenters. The summed E-state index contributed by atoms with van der Waals surface area (Å²) in [6.07, 6.45) is 5.15. The molecule has 0 saturated carbocycles. The Kier molecular flexibility index (Phi) is 8.62. The highest BCUT2D eigenvalue weighted by atomic mass is 16.5. The summed E-state index contributed by atoms with van der Waals surface area (Å²) >= 11 is 0. The van der Waals surface area contributed by atoms with E-state index in [1.807, 2.05) is 13.1 Å². The summed E-state index contributed by atoms with van der Waals surface area (Å²) in [6, 6.07) is 8.70. The highest BCUT2D eigenvalue weighted by molar-refractivity contribution is 5.79. The molecule has 0 spiro atoms. The maximum absolute atomic E-state index is 5.66. The Balaban J connectivity index is 1.58. The number of nitrogens with zero attached hydrogens (tertiary/aromatic N) is 3. The summed E-state index contributed by atoms with van der Waals surface area (Å²) in [5.41, 5.74) is 1.26. The van der Waals surface area contributed by atoms with Gasteiger partial charge in [-0.3, -0.25) is 9.89 Å². The molecule has 0 aliphatic carbocycles. The molecule has 2 unspecified atom stereocenters. The summed E-state index contributed by atoms with van der Waals surface area (Å²) in [4.78, 5) is 9.60. The first kappa shape index (κ1) is 21.9. The molecule has 2 N–H and O–H groups in total. The number of para-hydroxylation sites is 1. The number of likely N-dealkylation sites (tertiary alicyclic amines) is 2. The predicted octanol–water partition coefficient (Wildman–Crippen LogP) is 2.73. The van der Waals surface area contributed by atoms with Gasteiger partial charge in [-0.15, -0.1) is 0 Å². The van der Waals surface area contributed by atoms with Crippen molar-refractivity contribution in [3.8, 4) is 5.75 Å². The van der Waals surface area contributed by atoms with Gasteiger partial charge in [0.05, 0.1) is 13.2 Å². The van der Waals surface area contributed by atoms with E-state index in [0.29, 0.717) is 5.92 Å². The van der Waals surface area contributed by atoms with E-state index in [4.69, 9.17) is 4.74 Å². The van der Waals surface area contributed by atoms with Gasteiger partial charge in [-0.25, -0.2) is 0 Å². The van der Waals surface area contributed by atoms with Gasteiger partial charge in [0.2, 0.25) is 0 Å². The summed E-state index contributed by atoms with van der Waals surface area (Å²) in [5.74, 6) is 2.57. The minimum Gasteiger partial charge on any atom is -0.496 e. The standard InChI is InChI=1S/C23H39N5O/c1-4-27-13-9-10-19(18-27)16-25-23(24-2)26-17-21(28-14-7-8-15-28)20-11-5-6-12-22(20)29-3/h5-6,11-12,19,21H,4,7-10,13-18H2,1-3H3,(H2,24,25,26). The minimum absolute atomic E-state index is 0.289. The van der Waals surface area contributed by atoms with Gasteiger partial charge in [0.25, 0.3) is 0 Å². The zero-order valence-electron chi connectivity index (χ0n) is 18.5. The molecule has 2 heterocycles.